The highest BCUT2D eigenvalue weighted by Crippen LogP contribution is 2.39. The standard InChI is InChI=1S/C33H37FN4O3S/c34-26-9-10-27(29(20-26)41-17-16-40-15-14-36-33(39)22-5-3-1-2-4-6-22)31-32-28(12-18-42-32)30(37-38-31)24-7-8-25-21-35-13-11-23(25)19-24/h7-10,12,18-20,22,35H,1-6,11,13-17,21H2,(H,36,39). The van der Waals surface area contributed by atoms with Crippen molar-refractivity contribution in [3.8, 4) is 28.3 Å². The molecule has 1 aliphatic carbocycles. The molecule has 7 nitrogen and oxygen atoms in total. The number of amides is 1. The summed E-state index contributed by atoms with van der Waals surface area (Å²) in [5.41, 5.74) is 5.93. The third kappa shape index (κ3) is 6.64. The first-order valence-electron chi connectivity index (χ1n) is 15.0. The van der Waals surface area contributed by atoms with Gasteiger partial charge in [-0.15, -0.1) is 21.5 Å². The maximum absolute atomic E-state index is 14.3. The molecule has 0 bridgehead atoms. The highest BCUT2D eigenvalue weighted by atomic mass is 32.1. The Kier molecular flexibility index (Phi) is 9.37. The van der Waals surface area contributed by atoms with Gasteiger partial charge in [0.15, 0.2) is 0 Å². The molecule has 2 N–H and O–H groups in total. The third-order valence-electron chi connectivity index (χ3n) is 8.21. The lowest BCUT2D eigenvalue weighted by atomic mass is 9.96. The Bertz CT molecular complexity index is 1530. The summed E-state index contributed by atoms with van der Waals surface area (Å²) in [7, 11) is 0. The highest BCUT2D eigenvalue weighted by Gasteiger charge is 2.20. The lowest BCUT2D eigenvalue weighted by molar-refractivity contribution is -0.125. The molecule has 2 aromatic heterocycles. The van der Waals surface area contributed by atoms with Gasteiger partial charge in [0.1, 0.15) is 29.6 Å². The van der Waals surface area contributed by atoms with Crippen molar-refractivity contribution >= 4 is 27.3 Å². The predicted molar refractivity (Wildman–Crippen MR) is 164 cm³/mol. The zero-order valence-electron chi connectivity index (χ0n) is 23.8. The quantitative estimate of drug-likeness (QED) is 0.167. The van der Waals surface area contributed by atoms with Crippen LogP contribution < -0.4 is 15.4 Å². The summed E-state index contributed by atoms with van der Waals surface area (Å²) in [5.74, 6) is 0.284. The molecular formula is C33H37FN4O3S. The second kappa shape index (κ2) is 13.7. The Morgan fingerprint density at radius 1 is 0.976 bits per heavy atom. The van der Waals surface area contributed by atoms with Gasteiger partial charge in [-0.3, -0.25) is 4.79 Å². The lowest BCUT2D eigenvalue weighted by Crippen LogP contribution is -2.33. The van der Waals surface area contributed by atoms with Crippen molar-refractivity contribution in [3.05, 3.63) is 64.8 Å². The average Bonchev–Trinajstić information content (AvgIpc) is 3.35. The molecule has 0 spiro atoms. The summed E-state index contributed by atoms with van der Waals surface area (Å²) < 4.78 is 26.9. The number of hydrogen-bond acceptors (Lipinski definition) is 7. The van der Waals surface area contributed by atoms with Gasteiger partial charge in [-0.2, -0.15) is 0 Å². The molecule has 4 aromatic rings. The summed E-state index contributed by atoms with van der Waals surface area (Å²) in [5, 5.41) is 18.8. The molecule has 42 heavy (non-hydrogen) atoms. The summed E-state index contributed by atoms with van der Waals surface area (Å²) in [6.45, 7) is 3.31. The second-order valence-corrected chi connectivity index (χ2v) is 12.0. The van der Waals surface area contributed by atoms with Crippen LogP contribution in [-0.2, 0) is 22.5 Å². The van der Waals surface area contributed by atoms with Crippen molar-refractivity contribution in [3.63, 3.8) is 0 Å². The Morgan fingerprint density at radius 2 is 1.83 bits per heavy atom. The summed E-state index contributed by atoms with van der Waals surface area (Å²) in [6, 6.07) is 13.1. The minimum Gasteiger partial charge on any atom is -0.490 e. The van der Waals surface area contributed by atoms with Crippen molar-refractivity contribution in [1.82, 2.24) is 20.8 Å². The van der Waals surface area contributed by atoms with Crippen molar-refractivity contribution in [2.75, 3.05) is 32.9 Å². The van der Waals surface area contributed by atoms with E-state index in [0.29, 0.717) is 36.8 Å². The van der Waals surface area contributed by atoms with Gasteiger partial charge in [0, 0.05) is 41.6 Å². The molecule has 1 amide bonds. The van der Waals surface area contributed by atoms with E-state index in [1.54, 1.807) is 17.4 Å². The van der Waals surface area contributed by atoms with Gasteiger partial charge in [-0.05, 0) is 66.6 Å². The van der Waals surface area contributed by atoms with Crippen LogP contribution >= 0.6 is 11.3 Å². The zero-order valence-corrected chi connectivity index (χ0v) is 24.6. The lowest BCUT2D eigenvalue weighted by Gasteiger charge is -2.18. The first-order valence-corrected chi connectivity index (χ1v) is 15.9. The molecule has 3 heterocycles. The predicted octanol–water partition coefficient (Wildman–Crippen LogP) is 6.29. The molecule has 1 saturated carbocycles. The van der Waals surface area contributed by atoms with Gasteiger partial charge in [-0.25, -0.2) is 4.39 Å². The van der Waals surface area contributed by atoms with E-state index in [1.807, 2.05) is 5.38 Å². The molecule has 2 aliphatic rings. The number of carbonyl (C=O) groups is 1. The topological polar surface area (TPSA) is 85.4 Å². The molecule has 9 heteroatoms. The smallest absolute Gasteiger partial charge is 0.223 e. The number of thiophene rings is 1. The van der Waals surface area contributed by atoms with Crippen LogP contribution in [-0.4, -0.2) is 49.0 Å². The highest BCUT2D eigenvalue weighted by molar-refractivity contribution is 7.17. The monoisotopic (exact) mass is 588 g/mol. The Labute approximate surface area is 249 Å². The van der Waals surface area contributed by atoms with Gasteiger partial charge in [0.2, 0.25) is 5.91 Å². The summed E-state index contributed by atoms with van der Waals surface area (Å²) >= 11 is 1.59. The van der Waals surface area contributed by atoms with Crippen molar-refractivity contribution < 1.29 is 18.7 Å². The SMILES string of the molecule is O=C(NCCOCCOc1cc(F)ccc1-c1nnc(-c2ccc3c(c2)CCNC3)c2ccsc12)C1CCCCCC1. The molecule has 0 saturated heterocycles. The maximum Gasteiger partial charge on any atom is 0.223 e. The van der Waals surface area contributed by atoms with Gasteiger partial charge in [0.05, 0.1) is 17.9 Å². The number of fused-ring (bicyclic) bond motifs is 2. The second-order valence-electron chi connectivity index (χ2n) is 11.1. The Hall–Kier alpha value is -3.40. The molecule has 2 aromatic carbocycles. The molecule has 1 fully saturated rings. The molecule has 0 radical (unpaired) electrons. The molecule has 1 aliphatic heterocycles. The number of rotatable bonds is 10. The fraction of sp³-hybridized carbons (Fsp3) is 0.424. The molecule has 220 valence electrons. The van der Waals surface area contributed by atoms with E-state index < -0.39 is 0 Å². The molecular weight excluding hydrogens is 551 g/mol. The first kappa shape index (κ1) is 28.7. The average molecular weight is 589 g/mol. The number of carbonyl (C=O) groups excluding carboxylic acids is 1. The van der Waals surface area contributed by atoms with Gasteiger partial charge >= 0.3 is 0 Å². The van der Waals surface area contributed by atoms with Crippen LogP contribution in [0.5, 0.6) is 5.75 Å². The number of halogens is 1. The van der Waals surface area contributed by atoms with E-state index in [0.717, 1.165) is 66.5 Å². The molecule has 0 unspecified atom stereocenters. The first-order chi connectivity index (χ1) is 20.7. The van der Waals surface area contributed by atoms with E-state index in [1.165, 1.54) is 36.1 Å². The Morgan fingerprint density at radius 3 is 2.71 bits per heavy atom. The van der Waals surface area contributed by atoms with E-state index >= 15 is 0 Å². The Balaban J connectivity index is 1.09. The number of nitrogens with zero attached hydrogens (tertiary/aromatic N) is 2. The minimum absolute atomic E-state index is 0.129. The summed E-state index contributed by atoms with van der Waals surface area (Å²) in [6.07, 6.45) is 7.67. The number of hydrogen-bond donors (Lipinski definition) is 2. The fourth-order valence-corrected chi connectivity index (χ4v) is 6.84. The van der Waals surface area contributed by atoms with Crippen LogP contribution in [0, 0.1) is 11.7 Å². The van der Waals surface area contributed by atoms with Crippen molar-refractivity contribution in [2.45, 2.75) is 51.5 Å². The van der Waals surface area contributed by atoms with Gasteiger partial charge in [0.25, 0.3) is 0 Å². The van der Waals surface area contributed by atoms with Crippen LogP contribution in [0.1, 0.15) is 49.7 Å². The van der Waals surface area contributed by atoms with Crippen LogP contribution in [0.15, 0.2) is 47.8 Å². The normalized spacial score (nSPS) is 15.7. The van der Waals surface area contributed by atoms with E-state index in [9.17, 15) is 9.18 Å². The van der Waals surface area contributed by atoms with Crippen LogP contribution in [0.25, 0.3) is 32.6 Å². The summed E-state index contributed by atoms with van der Waals surface area (Å²) in [4.78, 5) is 12.4. The van der Waals surface area contributed by atoms with Crippen molar-refractivity contribution in [1.29, 1.82) is 0 Å². The third-order valence-corrected chi connectivity index (χ3v) is 9.13. The van der Waals surface area contributed by atoms with Crippen molar-refractivity contribution in [2.24, 2.45) is 5.92 Å². The largest absolute Gasteiger partial charge is 0.490 e. The van der Waals surface area contributed by atoms with E-state index in [2.05, 4.69) is 45.1 Å². The number of ether oxygens (including phenoxy) is 2. The number of aromatic nitrogens is 2. The number of benzene rings is 2. The molecule has 0 atom stereocenters. The van der Waals surface area contributed by atoms with Crippen LogP contribution in [0.2, 0.25) is 0 Å². The van der Waals surface area contributed by atoms with Gasteiger partial charge < -0.3 is 20.1 Å². The van der Waals surface area contributed by atoms with E-state index in [4.69, 9.17) is 9.47 Å². The van der Waals surface area contributed by atoms with Crippen LogP contribution in [0.3, 0.4) is 0 Å². The minimum atomic E-state index is -0.383. The zero-order chi connectivity index (χ0) is 28.7. The maximum atomic E-state index is 14.3. The molecule has 6 rings (SSSR count). The van der Waals surface area contributed by atoms with E-state index in [-0.39, 0.29) is 24.2 Å². The fourth-order valence-electron chi connectivity index (χ4n) is 5.95. The van der Waals surface area contributed by atoms with Gasteiger partial charge in [-0.1, -0.05) is 37.8 Å². The van der Waals surface area contributed by atoms with Crippen LogP contribution in [0.4, 0.5) is 4.39 Å². The number of nitrogens with one attached hydrogen (secondary N) is 2.